The SMILES string of the molecule is COc1cc(C=O)cc(N)c1OCCCc1ccccc1. The standard InChI is InChI=1S/C17H19NO3/c1-20-16-11-14(12-19)10-15(18)17(16)21-9-5-8-13-6-3-2-4-7-13/h2-4,6-7,10-12H,5,8-9,18H2,1H3. The predicted octanol–water partition coefficient (Wildman–Crippen LogP) is 3.10. The topological polar surface area (TPSA) is 61.5 Å². The lowest BCUT2D eigenvalue weighted by molar-refractivity contribution is 0.112. The van der Waals surface area contributed by atoms with Crippen molar-refractivity contribution in [1.82, 2.24) is 0 Å². The van der Waals surface area contributed by atoms with Gasteiger partial charge in [0.2, 0.25) is 0 Å². The first kappa shape index (κ1) is 14.9. The summed E-state index contributed by atoms with van der Waals surface area (Å²) in [5, 5.41) is 0. The molecule has 0 aliphatic heterocycles. The van der Waals surface area contributed by atoms with Gasteiger partial charge in [0.05, 0.1) is 19.4 Å². The Morgan fingerprint density at radius 1 is 1.19 bits per heavy atom. The second-order valence-corrected chi connectivity index (χ2v) is 4.70. The number of aldehydes is 1. The molecule has 4 heteroatoms. The highest BCUT2D eigenvalue weighted by Crippen LogP contribution is 2.34. The van der Waals surface area contributed by atoms with Crippen LogP contribution in [0.4, 0.5) is 5.69 Å². The molecule has 110 valence electrons. The third kappa shape index (κ3) is 3.99. The van der Waals surface area contributed by atoms with Crippen LogP contribution in [-0.2, 0) is 6.42 Å². The minimum atomic E-state index is 0.413. The zero-order chi connectivity index (χ0) is 15.1. The summed E-state index contributed by atoms with van der Waals surface area (Å²) >= 11 is 0. The molecule has 0 bridgehead atoms. The number of nitrogens with two attached hydrogens (primary N) is 1. The molecule has 2 aromatic rings. The second kappa shape index (κ2) is 7.33. The summed E-state index contributed by atoms with van der Waals surface area (Å²) in [5.74, 6) is 0.980. The Kier molecular flexibility index (Phi) is 5.21. The number of nitrogen functional groups attached to an aromatic ring is 1. The zero-order valence-corrected chi connectivity index (χ0v) is 12.0. The Labute approximate surface area is 124 Å². The van der Waals surface area contributed by atoms with Crippen molar-refractivity contribution in [2.45, 2.75) is 12.8 Å². The lowest BCUT2D eigenvalue weighted by Crippen LogP contribution is -2.04. The predicted molar refractivity (Wildman–Crippen MR) is 83.1 cm³/mol. The van der Waals surface area contributed by atoms with Gasteiger partial charge in [-0.3, -0.25) is 4.79 Å². The number of hydrogen-bond donors (Lipinski definition) is 1. The van der Waals surface area contributed by atoms with Crippen molar-refractivity contribution >= 4 is 12.0 Å². The fourth-order valence-corrected chi connectivity index (χ4v) is 2.12. The summed E-state index contributed by atoms with van der Waals surface area (Å²) < 4.78 is 10.9. The molecule has 0 amide bonds. The van der Waals surface area contributed by atoms with E-state index in [1.54, 1.807) is 12.1 Å². The van der Waals surface area contributed by atoms with Crippen molar-refractivity contribution in [2.75, 3.05) is 19.5 Å². The van der Waals surface area contributed by atoms with E-state index in [-0.39, 0.29) is 0 Å². The third-order valence-electron chi connectivity index (χ3n) is 3.16. The van der Waals surface area contributed by atoms with Gasteiger partial charge in [-0.15, -0.1) is 0 Å². The molecule has 0 aromatic heterocycles. The molecule has 0 radical (unpaired) electrons. The smallest absolute Gasteiger partial charge is 0.184 e. The van der Waals surface area contributed by atoms with Crippen molar-refractivity contribution in [2.24, 2.45) is 0 Å². The van der Waals surface area contributed by atoms with Crippen LogP contribution in [0.2, 0.25) is 0 Å². The Morgan fingerprint density at radius 2 is 1.95 bits per heavy atom. The van der Waals surface area contributed by atoms with Crippen LogP contribution in [0.15, 0.2) is 42.5 Å². The second-order valence-electron chi connectivity index (χ2n) is 4.70. The molecule has 21 heavy (non-hydrogen) atoms. The van der Waals surface area contributed by atoms with Gasteiger partial charge in [-0.1, -0.05) is 30.3 Å². The highest BCUT2D eigenvalue weighted by Gasteiger charge is 2.11. The van der Waals surface area contributed by atoms with E-state index in [1.807, 2.05) is 18.2 Å². The Balaban J connectivity index is 1.95. The number of aryl methyl sites for hydroxylation is 1. The number of ether oxygens (including phenoxy) is 2. The maximum Gasteiger partial charge on any atom is 0.184 e. The van der Waals surface area contributed by atoms with E-state index >= 15 is 0 Å². The molecule has 0 saturated heterocycles. The first-order valence-electron chi connectivity index (χ1n) is 6.84. The van der Waals surface area contributed by atoms with E-state index in [2.05, 4.69) is 12.1 Å². The van der Waals surface area contributed by atoms with Crippen LogP contribution < -0.4 is 15.2 Å². The van der Waals surface area contributed by atoms with Crippen LogP contribution in [0.3, 0.4) is 0 Å². The summed E-state index contributed by atoms with van der Waals surface area (Å²) in [4.78, 5) is 10.8. The Bertz CT molecular complexity index is 596. The fourth-order valence-electron chi connectivity index (χ4n) is 2.12. The van der Waals surface area contributed by atoms with Gasteiger partial charge in [0.1, 0.15) is 6.29 Å². The van der Waals surface area contributed by atoms with E-state index < -0.39 is 0 Å². The lowest BCUT2D eigenvalue weighted by atomic mass is 10.1. The summed E-state index contributed by atoms with van der Waals surface area (Å²) in [5.41, 5.74) is 8.06. The van der Waals surface area contributed by atoms with Gasteiger partial charge in [0, 0.05) is 5.56 Å². The number of rotatable bonds is 7. The summed E-state index contributed by atoms with van der Waals surface area (Å²) in [6.07, 6.45) is 2.55. The quantitative estimate of drug-likeness (QED) is 0.482. The van der Waals surface area contributed by atoms with Gasteiger partial charge < -0.3 is 15.2 Å². The van der Waals surface area contributed by atoms with Gasteiger partial charge in [-0.25, -0.2) is 0 Å². The molecule has 0 aliphatic carbocycles. The van der Waals surface area contributed by atoms with Crippen LogP contribution in [-0.4, -0.2) is 20.0 Å². The molecule has 4 nitrogen and oxygen atoms in total. The largest absolute Gasteiger partial charge is 0.493 e. The lowest BCUT2D eigenvalue weighted by Gasteiger charge is -2.13. The number of anilines is 1. The first-order chi connectivity index (χ1) is 10.2. The van der Waals surface area contributed by atoms with Crippen LogP contribution in [0, 0.1) is 0 Å². The highest BCUT2D eigenvalue weighted by molar-refractivity contribution is 5.80. The van der Waals surface area contributed by atoms with Gasteiger partial charge in [-0.2, -0.15) is 0 Å². The summed E-state index contributed by atoms with van der Waals surface area (Å²) in [6, 6.07) is 13.4. The van der Waals surface area contributed by atoms with Crippen molar-refractivity contribution < 1.29 is 14.3 Å². The van der Waals surface area contributed by atoms with Crippen molar-refractivity contribution in [1.29, 1.82) is 0 Å². The van der Waals surface area contributed by atoms with Crippen LogP contribution in [0.1, 0.15) is 22.3 Å². The molecule has 0 spiro atoms. The van der Waals surface area contributed by atoms with Crippen LogP contribution in [0.25, 0.3) is 0 Å². The molecule has 0 atom stereocenters. The number of carbonyl (C=O) groups is 1. The maximum absolute atomic E-state index is 10.8. The normalized spacial score (nSPS) is 10.1. The van der Waals surface area contributed by atoms with Gasteiger partial charge in [-0.05, 0) is 30.5 Å². The monoisotopic (exact) mass is 285 g/mol. The first-order valence-corrected chi connectivity index (χ1v) is 6.84. The van der Waals surface area contributed by atoms with E-state index in [0.717, 1.165) is 19.1 Å². The minimum Gasteiger partial charge on any atom is -0.493 e. The number of benzene rings is 2. The maximum atomic E-state index is 10.8. The molecule has 2 rings (SSSR count). The molecule has 0 saturated carbocycles. The fraction of sp³-hybridized carbons (Fsp3) is 0.235. The van der Waals surface area contributed by atoms with Crippen LogP contribution in [0.5, 0.6) is 11.5 Å². The summed E-state index contributed by atoms with van der Waals surface area (Å²) in [7, 11) is 1.53. The molecule has 0 fully saturated rings. The Morgan fingerprint density at radius 3 is 2.62 bits per heavy atom. The summed E-state index contributed by atoms with van der Waals surface area (Å²) in [6.45, 7) is 0.538. The number of methoxy groups -OCH3 is 1. The third-order valence-corrected chi connectivity index (χ3v) is 3.16. The number of carbonyl (C=O) groups excluding carboxylic acids is 1. The molecule has 2 N–H and O–H groups in total. The average molecular weight is 285 g/mol. The number of hydrogen-bond acceptors (Lipinski definition) is 4. The molecule has 0 aliphatic rings. The molecule has 2 aromatic carbocycles. The van der Waals surface area contributed by atoms with E-state index in [1.165, 1.54) is 12.7 Å². The zero-order valence-electron chi connectivity index (χ0n) is 12.0. The van der Waals surface area contributed by atoms with E-state index in [0.29, 0.717) is 29.4 Å². The average Bonchev–Trinajstić information content (AvgIpc) is 2.53. The molecule has 0 heterocycles. The van der Waals surface area contributed by atoms with Crippen LogP contribution >= 0.6 is 0 Å². The molecular weight excluding hydrogens is 266 g/mol. The highest BCUT2D eigenvalue weighted by atomic mass is 16.5. The van der Waals surface area contributed by atoms with Gasteiger partial charge in [0.15, 0.2) is 11.5 Å². The molecular formula is C17H19NO3. The minimum absolute atomic E-state index is 0.413. The van der Waals surface area contributed by atoms with Gasteiger partial charge >= 0.3 is 0 Å². The van der Waals surface area contributed by atoms with Crippen molar-refractivity contribution in [3.05, 3.63) is 53.6 Å². The van der Waals surface area contributed by atoms with Crippen molar-refractivity contribution in [3.63, 3.8) is 0 Å². The van der Waals surface area contributed by atoms with E-state index in [9.17, 15) is 4.79 Å². The van der Waals surface area contributed by atoms with Crippen molar-refractivity contribution in [3.8, 4) is 11.5 Å². The molecule has 0 unspecified atom stereocenters. The Hall–Kier alpha value is -2.49. The van der Waals surface area contributed by atoms with E-state index in [4.69, 9.17) is 15.2 Å². The van der Waals surface area contributed by atoms with Gasteiger partial charge in [0.25, 0.3) is 0 Å².